The van der Waals surface area contributed by atoms with E-state index in [4.69, 9.17) is 4.74 Å². The van der Waals surface area contributed by atoms with Gasteiger partial charge in [-0.1, -0.05) is 18.2 Å². The van der Waals surface area contributed by atoms with Crippen molar-refractivity contribution in [2.45, 2.75) is 6.10 Å². The Balaban J connectivity index is 2.87. The summed E-state index contributed by atoms with van der Waals surface area (Å²) in [6, 6.07) is 6.69. The van der Waals surface area contributed by atoms with Gasteiger partial charge in [0, 0.05) is 10.5 Å². The van der Waals surface area contributed by atoms with E-state index in [9.17, 15) is 15.2 Å². The van der Waals surface area contributed by atoms with Gasteiger partial charge in [-0.3, -0.25) is 10.1 Å². The summed E-state index contributed by atoms with van der Waals surface area (Å²) in [6.07, 6.45) is -1.12. The molecule has 14 heavy (non-hydrogen) atoms. The van der Waals surface area contributed by atoms with Crippen molar-refractivity contribution < 1.29 is 14.8 Å². The molecule has 1 aromatic rings. The molecule has 0 radical (unpaired) electrons. The molecule has 0 amide bonds. The van der Waals surface area contributed by atoms with Crippen LogP contribution in [0, 0.1) is 10.1 Å². The van der Waals surface area contributed by atoms with Crippen LogP contribution < -0.4 is 4.74 Å². The second-order valence-electron chi connectivity index (χ2n) is 2.77. The lowest BCUT2D eigenvalue weighted by Crippen LogP contribution is -2.12. The van der Waals surface area contributed by atoms with Gasteiger partial charge in [0.15, 0.2) is 0 Å². The molecular formula is C9H11NO4. The number of nitrogens with zero attached hydrogens (tertiary/aromatic N) is 1. The highest BCUT2D eigenvalue weighted by Gasteiger charge is 2.17. The number of methoxy groups -OCH3 is 1. The number of para-hydroxylation sites is 1. The Kier molecular flexibility index (Phi) is 3.41. The van der Waals surface area contributed by atoms with Crippen molar-refractivity contribution >= 4 is 0 Å². The first kappa shape index (κ1) is 10.5. The van der Waals surface area contributed by atoms with Crippen LogP contribution in [0.5, 0.6) is 5.75 Å². The maximum absolute atomic E-state index is 10.2. The van der Waals surface area contributed by atoms with Crippen LogP contribution in [0.2, 0.25) is 0 Å². The predicted molar refractivity (Wildman–Crippen MR) is 49.8 cm³/mol. The summed E-state index contributed by atoms with van der Waals surface area (Å²) in [7, 11) is 1.46. The average molecular weight is 197 g/mol. The van der Waals surface area contributed by atoms with Crippen LogP contribution in [0.15, 0.2) is 24.3 Å². The summed E-state index contributed by atoms with van der Waals surface area (Å²) < 4.78 is 4.97. The quantitative estimate of drug-likeness (QED) is 0.577. The topological polar surface area (TPSA) is 72.6 Å². The van der Waals surface area contributed by atoms with Gasteiger partial charge in [-0.05, 0) is 6.07 Å². The Bertz CT molecular complexity index is 326. The maximum atomic E-state index is 10.2. The molecule has 5 nitrogen and oxygen atoms in total. The highest BCUT2D eigenvalue weighted by Crippen LogP contribution is 2.24. The minimum absolute atomic E-state index is 0.437. The Morgan fingerprint density at radius 2 is 2.21 bits per heavy atom. The number of rotatable bonds is 4. The van der Waals surface area contributed by atoms with Crippen molar-refractivity contribution in [2.24, 2.45) is 0 Å². The van der Waals surface area contributed by atoms with Gasteiger partial charge < -0.3 is 9.84 Å². The third kappa shape index (κ3) is 2.43. The summed E-state index contributed by atoms with van der Waals surface area (Å²) in [5.41, 5.74) is 0.437. The summed E-state index contributed by atoms with van der Waals surface area (Å²) in [5, 5.41) is 19.7. The molecule has 1 atom stereocenters. The van der Waals surface area contributed by atoms with Crippen LogP contribution in [-0.4, -0.2) is 23.7 Å². The number of aliphatic hydroxyl groups excluding tert-OH is 1. The molecule has 1 aromatic carbocycles. The number of aliphatic hydroxyl groups is 1. The number of benzene rings is 1. The Morgan fingerprint density at radius 3 is 2.79 bits per heavy atom. The molecule has 0 fully saturated rings. The predicted octanol–water partition coefficient (Wildman–Crippen LogP) is 1.01. The van der Waals surface area contributed by atoms with Crippen LogP contribution in [0.1, 0.15) is 11.7 Å². The van der Waals surface area contributed by atoms with E-state index < -0.39 is 17.6 Å². The number of hydrogen-bond donors (Lipinski definition) is 1. The summed E-state index contributed by atoms with van der Waals surface area (Å²) in [6.45, 7) is -0.514. The van der Waals surface area contributed by atoms with Crippen molar-refractivity contribution in [3.8, 4) is 5.75 Å². The van der Waals surface area contributed by atoms with E-state index in [-0.39, 0.29) is 0 Å². The molecule has 1 N–H and O–H groups in total. The fraction of sp³-hybridized carbons (Fsp3) is 0.333. The van der Waals surface area contributed by atoms with Gasteiger partial charge in [-0.15, -0.1) is 0 Å². The normalized spacial score (nSPS) is 12.1. The molecular weight excluding hydrogens is 186 g/mol. The number of hydrogen-bond acceptors (Lipinski definition) is 4. The van der Waals surface area contributed by atoms with E-state index in [2.05, 4.69) is 0 Å². The third-order valence-electron chi connectivity index (χ3n) is 1.82. The summed E-state index contributed by atoms with van der Waals surface area (Å²) >= 11 is 0. The van der Waals surface area contributed by atoms with Gasteiger partial charge >= 0.3 is 0 Å². The first-order valence-corrected chi connectivity index (χ1v) is 4.08. The molecule has 0 aromatic heterocycles. The number of ether oxygens (including phenoxy) is 1. The largest absolute Gasteiger partial charge is 0.496 e. The minimum atomic E-state index is -1.12. The van der Waals surface area contributed by atoms with E-state index in [0.29, 0.717) is 11.3 Å². The standard InChI is InChI=1S/C9H11NO4/c1-14-9-5-3-2-4-7(9)8(11)6-10(12)13/h2-5,8,11H,6H2,1H3/t8-/m1/s1. The van der Waals surface area contributed by atoms with Gasteiger partial charge in [0.05, 0.1) is 7.11 Å². The van der Waals surface area contributed by atoms with Crippen LogP contribution in [0.4, 0.5) is 0 Å². The fourth-order valence-corrected chi connectivity index (χ4v) is 1.18. The van der Waals surface area contributed by atoms with E-state index in [1.165, 1.54) is 7.11 Å². The molecule has 0 heterocycles. The molecule has 0 bridgehead atoms. The van der Waals surface area contributed by atoms with Crippen molar-refractivity contribution in [2.75, 3.05) is 13.7 Å². The first-order chi connectivity index (χ1) is 6.65. The SMILES string of the molecule is COc1ccccc1[C@H](O)C[N+](=O)[O-]. The molecule has 0 aliphatic carbocycles. The monoisotopic (exact) mass is 197 g/mol. The molecule has 0 aliphatic rings. The van der Waals surface area contributed by atoms with Gasteiger partial charge in [0.25, 0.3) is 0 Å². The molecule has 1 rings (SSSR count). The molecule has 0 spiro atoms. The fourth-order valence-electron chi connectivity index (χ4n) is 1.18. The molecule has 0 aliphatic heterocycles. The molecule has 76 valence electrons. The van der Waals surface area contributed by atoms with Crippen molar-refractivity contribution in [3.05, 3.63) is 39.9 Å². The Morgan fingerprint density at radius 1 is 1.57 bits per heavy atom. The van der Waals surface area contributed by atoms with Crippen LogP contribution in [-0.2, 0) is 0 Å². The average Bonchev–Trinajstić information content (AvgIpc) is 2.16. The smallest absolute Gasteiger partial charge is 0.233 e. The number of nitro groups is 1. The van der Waals surface area contributed by atoms with Crippen LogP contribution in [0.25, 0.3) is 0 Å². The zero-order valence-electron chi connectivity index (χ0n) is 7.71. The zero-order chi connectivity index (χ0) is 10.6. The highest BCUT2D eigenvalue weighted by molar-refractivity contribution is 5.34. The third-order valence-corrected chi connectivity index (χ3v) is 1.82. The van der Waals surface area contributed by atoms with E-state index in [1.54, 1.807) is 24.3 Å². The lowest BCUT2D eigenvalue weighted by atomic mass is 10.1. The Labute approximate surface area is 81.1 Å². The Hall–Kier alpha value is -1.62. The zero-order valence-corrected chi connectivity index (χ0v) is 7.71. The van der Waals surface area contributed by atoms with E-state index in [0.717, 1.165) is 0 Å². The van der Waals surface area contributed by atoms with Gasteiger partial charge in [-0.25, -0.2) is 0 Å². The van der Waals surface area contributed by atoms with E-state index in [1.807, 2.05) is 0 Å². The maximum Gasteiger partial charge on any atom is 0.233 e. The lowest BCUT2D eigenvalue weighted by Gasteiger charge is -2.10. The first-order valence-electron chi connectivity index (χ1n) is 4.08. The minimum Gasteiger partial charge on any atom is -0.496 e. The van der Waals surface area contributed by atoms with Gasteiger partial charge in [0.1, 0.15) is 11.9 Å². The second kappa shape index (κ2) is 4.57. The van der Waals surface area contributed by atoms with Crippen molar-refractivity contribution in [1.82, 2.24) is 0 Å². The molecule has 0 unspecified atom stereocenters. The van der Waals surface area contributed by atoms with Crippen molar-refractivity contribution in [3.63, 3.8) is 0 Å². The van der Waals surface area contributed by atoms with Gasteiger partial charge in [-0.2, -0.15) is 0 Å². The molecule has 0 saturated heterocycles. The lowest BCUT2D eigenvalue weighted by molar-refractivity contribution is -0.491. The van der Waals surface area contributed by atoms with E-state index >= 15 is 0 Å². The summed E-state index contributed by atoms with van der Waals surface area (Å²) in [5.74, 6) is 0.460. The highest BCUT2D eigenvalue weighted by atomic mass is 16.6. The second-order valence-corrected chi connectivity index (χ2v) is 2.77. The molecule has 5 heteroatoms. The van der Waals surface area contributed by atoms with Gasteiger partial charge in [0.2, 0.25) is 6.54 Å². The summed E-state index contributed by atoms with van der Waals surface area (Å²) in [4.78, 5) is 9.63. The molecule has 0 saturated carbocycles. The van der Waals surface area contributed by atoms with Crippen LogP contribution >= 0.6 is 0 Å². The van der Waals surface area contributed by atoms with Crippen molar-refractivity contribution in [1.29, 1.82) is 0 Å². The van der Waals surface area contributed by atoms with Crippen LogP contribution in [0.3, 0.4) is 0 Å².